The van der Waals surface area contributed by atoms with Gasteiger partial charge in [0.15, 0.2) is 0 Å². The zero-order valence-corrected chi connectivity index (χ0v) is 61.5. The molecule has 0 fully saturated rings. The molecule has 0 aliphatic rings. The third-order valence-corrected chi connectivity index (χ3v) is 16.4. The van der Waals surface area contributed by atoms with Gasteiger partial charge in [0.05, 0.1) is 66.1 Å². The van der Waals surface area contributed by atoms with Crippen molar-refractivity contribution in [2.24, 2.45) is 0 Å². The molecule has 0 spiro atoms. The van der Waals surface area contributed by atoms with E-state index in [-0.39, 0.29) is 0 Å². The molecule has 0 rings (SSSR count). The van der Waals surface area contributed by atoms with Crippen LogP contribution in [0.3, 0.4) is 0 Å². The zero-order chi connectivity index (χ0) is 66.2. The molecule has 0 aliphatic heterocycles. The van der Waals surface area contributed by atoms with E-state index in [4.69, 9.17) is 60.7 Å². The lowest BCUT2D eigenvalue weighted by atomic mass is 10.5. The van der Waals surface area contributed by atoms with Gasteiger partial charge < -0.3 is 92.3 Å². The van der Waals surface area contributed by atoms with Crippen LogP contribution in [-0.4, -0.2) is 193 Å². The van der Waals surface area contributed by atoms with E-state index in [1.807, 2.05) is 34.6 Å². The van der Waals surface area contributed by atoms with Crippen LogP contribution < -0.4 is 0 Å². The van der Waals surface area contributed by atoms with Crippen molar-refractivity contribution in [3.8, 4) is 0 Å². The van der Waals surface area contributed by atoms with Gasteiger partial charge in [0.2, 0.25) is 0 Å². The maximum absolute atomic E-state index is 11.3. The number of rotatable bonds is 30. The van der Waals surface area contributed by atoms with Gasteiger partial charge in [-0.15, -0.1) is 0 Å². The monoisotopic (exact) mass is 1380 g/mol. The van der Waals surface area contributed by atoms with Crippen LogP contribution in [0.25, 0.3) is 0 Å². The topological polar surface area (TPSA) is 410 Å². The van der Waals surface area contributed by atoms with Gasteiger partial charge in [-0.1, -0.05) is 34.6 Å². The first kappa shape index (κ1) is 103. The summed E-state index contributed by atoms with van der Waals surface area (Å²) in [6, 6.07) is 0. The highest BCUT2D eigenvalue weighted by molar-refractivity contribution is 7.54. The highest BCUT2D eigenvalue weighted by Crippen LogP contribution is 2.46. The molecule has 0 amide bonds. The third kappa shape index (κ3) is 130. The van der Waals surface area contributed by atoms with Crippen LogP contribution in [-0.2, 0) is 114 Å². The molecular formula is C40H110O30P10. The summed E-state index contributed by atoms with van der Waals surface area (Å²) < 4.78 is 175. The smallest absolute Gasteiger partial charge is 0.325 e. The van der Waals surface area contributed by atoms with Crippen molar-refractivity contribution < 1.29 is 138 Å². The molecule has 0 aliphatic carbocycles. The predicted octanol–water partition coefficient (Wildman–Crippen LogP) is 13.6. The van der Waals surface area contributed by atoms with Crippen molar-refractivity contribution >= 4 is 76.0 Å². The van der Waals surface area contributed by atoms with E-state index in [0.717, 1.165) is 52.1 Å². The minimum Gasteiger partial charge on any atom is -0.325 e. The second kappa shape index (κ2) is 60.8. The van der Waals surface area contributed by atoms with Gasteiger partial charge >= 0.3 is 76.0 Å². The molecule has 6 unspecified atom stereocenters. The third-order valence-electron chi connectivity index (χ3n) is 6.14. The van der Waals surface area contributed by atoms with Crippen LogP contribution in [0.1, 0.15) is 101 Å². The fourth-order valence-electron chi connectivity index (χ4n) is 2.76. The molecule has 80 heavy (non-hydrogen) atoms. The second-order valence-corrected chi connectivity index (χ2v) is 35.2. The zero-order valence-electron chi connectivity index (χ0n) is 52.5. The van der Waals surface area contributed by atoms with Gasteiger partial charge in [0.1, 0.15) is 0 Å². The maximum Gasteiger partial charge on any atom is 0.327 e. The lowest BCUT2D eigenvalue weighted by Crippen LogP contribution is -1.96. The van der Waals surface area contributed by atoms with E-state index < -0.39 is 76.0 Å². The normalized spacial score (nSPS) is 15.5. The van der Waals surface area contributed by atoms with Crippen LogP contribution >= 0.6 is 76.0 Å². The molecule has 0 aromatic carbocycles. The fraction of sp³-hybridized carbons (Fsp3) is 1.00. The van der Waals surface area contributed by atoms with Crippen LogP contribution in [0.5, 0.6) is 0 Å². The first-order valence-corrected chi connectivity index (χ1v) is 44.6. The van der Waals surface area contributed by atoms with Gasteiger partial charge in [-0.3, -0.25) is 45.7 Å². The summed E-state index contributed by atoms with van der Waals surface area (Å²) in [7, 11) is -22.6. The van der Waals surface area contributed by atoms with E-state index in [9.17, 15) is 45.7 Å². The van der Waals surface area contributed by atoms with Crippen molar-refractivity contribution in [1.82, 2.24) is 0 Å². The van der Waals surface area contributed by atoms with E-state index in [1.165, 1.54) is 82.2 Å². The average Bonchev–Trinajstić information content (AvgIpc) is 3.31. The average molecular weight is 1380 g/mol. The quantitative estimate of drug-likeness (QED) is 0.0417. The summed E-state index contributed by atoms with van der Waals surface area (Å²) in [5, 5.41) is 0. The summed E-state index contributed by atoms with van der Waals surface area (Å²) in [6.45, 7) is 36.1. The Morgan fingerprint density at radius 1 is 0.237 bits per heavy atom. The minimum absolute atomic E-state index is 0.296. The molecule has 0 heterocycles. The summed E-state index contributed by atoms with van der Waals surface area (Å²) in [5.41, 5.74) is 0. The summed E-state index contributed by atoms with van der Waals surface area (Å²) in [5.74, 6) is 0. The Balaban J connectivity index is -0.0000000856. The Morgan fingerprint density at radius 3 is 0.525 bits per heavy atom. The van der Waals surface area contributed by atoms with Crippen LogP contribution in [0.15, 0.2) is 0 Å². The van der Waals surface area contributed by atoms with E-state index >= 15 is 0 Å². The second-order valence-electron chi connectivity index (χ2n) is 15.0. The number of hydrogen-bond acceptors (Lipinski definition) is 25. The van der Waals surface area contributed by atoms with Crippen molar-refractivity contribution in [3.63, 3.8) is 0 Å². The van der Waals surface area contributed by atoms with Crippen molar-refractivity contribution in [2.75, 3.05) is 168 Å². The van der Waals surface area contributed by atoms with Crippen molar-refractivity contribution in [2.45, 2.75) is 101 Å². The van der Waals surface area contributed by atoms with Gasteiger partial charge in [-0.2, -0.15) is 0 Å². The molecule has 0 saturated carbocycles. The SMILES string of the molecule is CCCOP(C)(=O)O.CCCOP(C)(=O)OC.CCCOP(C)(=O)OCC.CCCOP(C)(=O)OCCC.CCOP(C)(=O)O.CCOP(C)(=O)OC.CCOP(C)(=O)OCC.COP(C)(=O)O.COP(C)(=O)OC.CP(=O)(O)O. The molecule has 30 nitrogen and oxygen atoms in total. The Kier molecular flexibility index (Phi) is 78.5. The van der Waals surface area contributed by atoms with Crippen molar-refractivity contribution in [1.29, 1.82) is 0 Å². The first-order valence-electron chi connectivity index (χ1n) is 24.5. The summed E-state index contributed by atoms with van der Waals surface area (Å²) in [6.07, 6.45) is 4.24. The molecule has 6 atom stereocenters. The molecule has 500 valence electrons. The summed E-state index contributed by atoms with van der Waals surface area (Å²) >= 11 is 0. The highest BCUT2D eigenvalue weighted by Gasteiger charge is 2.17. The molecule has 40 heteroatoms. The largest absolute Gasteiger partial charge is 0.327 e. The first-order chi connectivity index (χ1) is 35.9. The molecule has 0 aromatic rings. The van der Waals surface area contributed by atoms with Gasteiger partial charge in [-0.05, 0) is 66.7 Å². The Morgan fingerprint density at radius 2 is 0.400 bits per heavy atom. The molecule has 0 saturated heterocycles. The molecule has 0 aromatic heterocycles. The fourth-order valence-corrected chi connectivity index (χ4v) is 8.28. The van der Waals surface area contributed by atoms with Crippen LogP contribution in [0, 0.1) is 0 Å². The molecule has 0 radical (unpaired) electrons. The molecule has 0 bridgehead atoms. The van der Waals surface area contributed by atoms with E-state index in [0.29, 0.717) is 66.1 Å². The van der Waals surface area contributed by atoms with E-state index in [2.05, 4.69) is 31.7 Å². The lowest BCUT2D eigenvalue weighted by molar-refractivity contribution is 0.209. The Labute approximate surface area is 481 Å². The molecule has 5 N–H and O–H groups in total. The van der Waals surface area contributed by atoms with Crippen molar-refractivity contribution in [3.05, 3.63) is 0 Å². The number of hydrogen-bond donors (Lipinski definition) is 5. The van der Waals surface area contributed by atoms with Crippen LogP contribution in [0.4, 0.5) is 0 Å². The van der Waals surface area contributed by atoms with E-state index in [1.54, 1.807) is 34.6 Å². The standard InChI is InChI=1S/C7H17O3P.C6H15O3P.2C5H13O3P.2C4H11O3P.2C3H9O3P.C2H7O3P.CH5O3P/c1-4-6-9-11(3,8)10-7-5-2;1-4-6-9-10(3,7)8-5-2;1-4-5-8-9(3,6)7-2;1-4-7-9(3,6)8-5-2;1-4-7-8(3,5)6-2;1-3-4-7-8(2,5)6;1-5-7(3,4)6-2;1-3-6-7(2,4)5;1-5-6(2,3)4;1-5(2,3)4/h4-7H2,1-3H3;4-6H2,1-3H3;2*4-5H2,1-3H3;4H2,1-3H3;3-4H2,1-2H3,(H,5,6);1-3H3;3H2,1-2H3,(H,4,5);1-2H3,(H,3,4);1H3,(H2,2,3,4). The lowest BCUT2D eigenvalue weighted by Gasteiger charge is -2.12. The minimum atomic E-state index is -3.64. The predicted molar refractivity (Wildman–Crippen MR) is 321 cm³/mol. The van der Waals surface area contributed by atoms with Gasteiger partial charge in [0, 0.05) is 102 Å². The Hall–Kier alpha value is 1.50. The van der Waals surface area contributed by atoms with Gasteiger partial charge in [-0.25, -0.2) is 0 Å². The highest BCUT2D eigenvalue weighted by atomic mass is 31.2. The summed E-state index contributed by atoms with van der Waals surface area (Å²) in [4.78, 5) is 40.3. The Bertz CT molecular complexity index is 1820. The van der Waals surface area contributed by atoms with Crippen LogP contribution in [0.2, 0.25) is 0 Å². The molecular weight excluding hydrogens is 1270 g/mol. The maximum atomic E-state index is 11.3. The van der Waals surface area contributed by atoms with Gasteiger partial charge in [0.25, 0.3) is 0 Å².